The number of nitrogens with one attached hydrogen (secondary N) is 4. The minimum absolute atomic E-state index is 0.205. The van der Waals surface area contributed by atoms with Crippen LogP contribution in [0, 0.1) is 13.8 Å². The molecule has 0 unspecified atom stereocenters. The number of rotatable bonds is 17. The van der Waals surface area contributed by atoms with Crippen molar-refractivity contribution >= 4 is 18.1 Å². The van der Waals surface area contributed by atoms with Crippen LogP contribution >= 0.6 is 0 Å². The molecule has 0 radical (unpaired) electrons. The third kappa shape index (κ3) is 12.7. The first-order valence-corrected chi connectivity index (χ1v) is 15.7. The fourth-order valence-corrected chi connectivity index (χ4v) is 4.46. The van der Waals surface area contributed by atoms with Gasteiger partial charge >= 0.3 is 0 Å². The molecule has 3 aromatic rings. The van der Waals surface area contributed by atoms with E-state index < -0.39 is 12.1 Å². The number of hydrogen-bond acceptors (Lipinski definition) is 9. The lowest BCUT2D eigenvalue weighted by molar-refractivity contribution is -0.110. The Labute approximate surface area is 279 Å². The first-order valence-electron chi connectivity index (χ1n) is 15.7. The van der Waals surface area contributed by atoms with Gasteiger partial charge in [0.15, 0.2) is 0 Å². The molecule has 0 aliphatic carbocycles. The molecule has 3 rings (SSSR count). The zero-order valence-corrected chi connectivity index (χ0v) is 29.1. The summed E-state index contributed by atoms with van der Waals surface area (Å²) in [4.78, 5) is 27.1. The standard InChI is InChI=1S/C21H25N5O2.C12H22N2O3.C2H6/c1-14-12-16(13-24-18(14)21(27)23-10-11-28-4)19-15(2)20(22-3)26(25-19)17-8-6-5-7-9-17;1-4-5-10(2)12(16)11(14-9-15)8-13-6-7-17-3;1-2/h5-9,12-13,22H,10-11H2,1-4H3,(H,23,27);4-5,9,11-13,16H,2,6-8H2,1,3H3,(H,14,15);1-2H3/b;5-4-;/t;11-,12+;/m.1./s1. The molecule has 2 heterocycles. The number of carbonyl (C=O) groups excluding carboxylic acids is 2. The number of aliphatic hydroxyl groups excluding tert-OH is 1. The number of aliphatic hydroxyl groups is 1. The number of anilines is 1. The highest BCUT2D eigenvalue weighted by Gasteiger charge is 2.20. The smallest absolute Gasteiger partial charge is 0.270 e. The number of para-hydroxylation sites is 1. The Morgan fingerprint density at radius 3 is 2.34 bits per heavy atom. The number of pyridine rings is 1. The summed E-state index contributed by atoms with van der Waals surface area (Å²) in [5, 5.41) is 26.4. The van der Waals surface area contributed by atoms with Gasteiger partial charge in [0.25, 0.3) is 5.91 Å². The summed E-state index contributed by atoms with van der Waals surface area (Å²) in [5.74, 6) is 0.712. The first-order chi connectivity index (χ1) is 22.7. The van der Waals surface area contributed by atoms with Crippen LogP contribution in [0.5, 0.6) is 0 Å². The van der Waals surface area contributed by atoms with Crippen molar-refractivity contribution in [1.29, 1.82) is 0 Å². The Bertz CT molecular complexity index is 1390. The molecule has 1 aromatic carbocycles. The lowest BCUT2D eigenvalue weighted by Gasteiger charge is -2.23. The molecule has 12 heteroatoms. The Balaban J connectivity index is 0.000000502. The number of methoxy groups -OCH3 is 2. The van der Waals surface area contributed by atoms with E-state index in [1.165, 1.54) is 0 Å². The summed E-state index contributed by atoms with van der Waals surface area (Å²) in [6.45, 7) is 16.1. The van der Waals surface area contributed by atoms with Crippen molar-refractivity contribution in [2.75, 3.05) is 59.4 Å². The van der Waals surface area contributed by atoms with E-state index in [-0.39, 0.29) is 5.91 Å². The van der Waals surface area contributed by atoms with Crippen LogP contribution in [0.4, 0.5) is 5.82 Å². The van der Waals surface area contributed by atoms with Crippen LogP contribution in [0.3, 0.4) is 0 Å². The number of hydrogen-bond donors (Lipinski definition) is 5. The average molecular weight is 652 g/mol. The van der Waals surface area contributed by atoms with E-state index in [1.54, 1.807) is 32.6 Å². The minimum Gasteiger partial charge on any atom is -0.386 e. The first kappa shape index (κ1) is 40.7. The molecule has 0 saturated heterocycles. The second-order valence-corrected chi connectivity index (χ2v) is 10.1. The molecule has 0 spiro atoms. The Kier molecular flexibility index (Phi) is 19.9. The lowest BCUT2D eigenvalue weighted by Crippen LogP contribution is -2.47. The second kappa shape index (κ2) is 23.0. The van der Waals surface area contributed by atoms with Crippen LogP contribution in [0.2, 0.25) is 0 Å². The summed E-state index contributed by atoms with van der Waals surface area (Å²) < 4.78 is 11.7. The molecule has 0 fully saturated rings. The van der Waals surface area contributed by atoms with Gasteiger partial charge in [0.1, 0.15) is 11.5 Å². The van der Waals surface area contributed by atoms with Gasteiger partial charge in [0, 0.05) is 58.2 Å². The summed E-state index contributed by atoms with van der Waals surface area (Å²) in [7, 11) is 5.09. The molecule has 2 aromatic heterocycles. The second-order valence-electron chi connectivity index (χ2n) is 10.1. The highest BCUT2D eigenvalue weighted by molar-refractivity contribution is 5.94. The summed E-state index contributed by atoms with van der Waals surface area (Å²) in [6, 6.07) is 11.5. The summed E-state index contributed by atoms with van der Waals surface area (Å²) >= 11 is 0. The molecule has 0 aliphatic rings. The van der Waals surface area contributed by atoms with Crippen molar-refractivity contribution < 1.29 is 24.2 Å². The molecule has 2 atom stereocenters. The third-order valence-corrected chi connectivity index (χ3v) is 6.79. The Morgan fingerprint density at radius 1 is 1.11 bits per heavy atom. The molecule has 47 heavy (non-hydrogen) atoms. The monoisotopic (exact) mass is 651 g/mol. The van der Waals surface area contributed by atoms with Crippen molar-refractivity contribution in [2.24, 2.45) is 0 Å². The highest BCUT2D eigenvalue weighted by Crippen LogP contribution is 2.30. The molecule has 5 N–H and O–H groups in total. The van der Waals surface area contributed by atoms with E-state index in [0.29, 0.717) is 50.5 Å². The number of nitrogens with zero attached hydrogens (tertiary/aromatic N) is 3. The van der Waals surface area contributed by atoms with Gasteiger partial charge in [-0.2, -0.15) is 5.10 Å². The van der Waals surface area contributed by atoms with Gasteiger partial charge in [-0.05, 0) is 50.1 Å². The Morgan fingerprint density at radius 2 is 1.77 bits per heavy atom. The summed E-state index contributed by atoms with van der Waals surface area (Å²) in [6.07, 6.45) is 4.99. The van der Waals surface area contributed by atoms with Crippen LogP contribution < -0.4 is 21.3 Å². The van der Waals surface area contributed by atoms with Gasteiger partial charge in [-0.15, -0.1) is 0 Å². The van der Waals surface area contributed by atoms with Crippen molar-refractivity contribution in [3.05, 3.63) is 83.7 Å². The van der Waals surface area contributed by atoms with Gasteiger partial charge < -0.3 is 35.8 Å². The highest BCUT2D eigenvalue weighted by atomic mass is 16.5. The number of benzene rings is 1. The van der Waals surface area contributed by atoms with E-state index in [1.807, 2.05) is 82.7 Å². The third-order valence-electron chi connectivity index (χ3n) is 6.79. The Hall–Kier alpha value is -4.36. The number of carbonyl (C=O) groups is 2. The lowest BCUT2D eigenvalue weighted by atomic mass is 10.0. The van der Waals surface area contributed by atoms with E-state index in [0.717, 1.165) is 33.9 Å². The number of aromatic nitrogens is 3. The number of ether oxygens (including phenoxy) is 2. The molecule has 12 nitrogen and oxygen atoms in total. The predicted octanol–water partition coefficient (Wildman–Crippen LogP) is 3.83. The maximum Gasteiger partial charge on any atom is 0.270 e. The van der Waals surface area contributed by atoms with E-state index >= 15 is 0 Å². The maximum atomic E-state index is 12.3. The van der Waals surface area contributed by atoms with E-state index in [9.17, 15) is 14.7 Å². The van der Waals surface area contributed by atoms with Crippen molar-refractivity contribution in [3.63, 3.8) is 0 Å². The van der Waals surface area contributed by atoms with Crippen molar-refractivity contribution in [2.45, 2.75) is 46.8 Å². The van der Waals surface area contributed by atoms with E-state index in [4.69, 9.17) is 14.6 Å². The fourth-order valence-electron chi connectivity index (χ4n) is 4.46. The molecule has 2 amide bonds. The van der Waals surface area contributed by atoms with E-state index in [2.05, 4.69) is 32.8 Å². The normalized spacial score (nSPS) is 11.8. The molecule has 0 aliphatic heterocycles. The molecular weight excluding hydrogens is 598 g/mol. The summed E-state index contributed by atoms with van der Waals surface area (Å²) in [5.41, 5.74) is 5.47. The average Bonchev–Trinajstić information content (AvgIpc) is 3.43. The number of aryl methyl sites for hydroxylation is 1. The van der Waals surface area contributed by atoms with Gasteiger partial charge in [0.2, 0.25) is 6.41 Å². The minimum atomic E-state index is -0.800. The van der Waals surface area contributed by atoms with Crippen LogP contribution in [-0.2, 0) is 14.3 Å². The van der Waals surface area contributed by atoms with Crippen LogP contribution in [0.25, 0.3) is 16.9 Å². The van der Waals surface area contributed by atoms with Gasteiger partial charge in [-0.25, -0.2) is 4.68 Å². The van der Waals surface area contributed by atoms with Gasteiger partial charge in [0.05, 0.1) is 36.7 Å². The number of amides is 2. The van der Waals surface area contributed by atoms with Crippen molar-refractivity contribution in [1.82, 2.24) is 30.7 Å². The van der Waals surface area contributed by atoms with Crippen LogP contribution in [-0.4, -0.2) is 98.4 Å². The maximum absolute atomic E-state index is 12.3. The van der Waals surface area contributed by atoms with Crippen molar-refractivity contribution in [3.8, 4) is 16.9 Å². The molecule has 258 valence electrons. The predicted molar refractivity (Wildman–Crippen MR) is 189 cm³/mol. The van der Waals surface area contributed by atoms with Crippen LogP contribution in [0.1, 0.15) is 42.4 Å². The SMILES string of the molecule is C=C(/C=C\C)[C@H](O)[C@@H](CNCCOC)NC=O.CC.CNc1c(C)c(-c2cnc(C(=O)NCCOC)c(C)c2)nn1-c1ccccc1. The largest absolute Gasteiger partial charge is 0.386 e. The topological polar surface area (TPSA) is 152 Å². The molecule has 0 bridgehead atoms. The zero-order valence-electron chi connectivity index (χ0n) is 29.1. The number of allylic oxidation sites excluding steroid dienone is 1. The fraction of sp³-hybridized carbons (Fsp3) is 0.429. The molecule has 0 saturated carbocycles. The van der Waals surface area contributed by atoms with Crippen LogP contribution in [0.15, 0.2) is 66.9 Å². The zero-order chi connectivity index (χ0) is 35.2. The van der Waals surface area contributed by atoms with Gasteiger partial charge in [-0.3, -0.25) is 14.6 Å². The molecular formula is C35H53N7O5. The van der Waals surface area contributed by atoms with Gasteiger partial charge in [-0.1, -0.05) is 50.8 Å². The quantitative estimate of drug-likeness (QED) is 0.0834.